The highest BCUT2D eigenvalue weighted by Crippen LogP contribution is 2.32. The van der Waals surface area contributed by atoms with Gasteiger partial charge in [-0.3, -0.25) is 10.1 Å². The van der Waals surface area contributed by atoms with Gasteiger partial charge in [-0.05, 0) is 6.92 Å². The second-order valence-electron chi connectivity index (χ2n) is 3.28. The Labute approximate surface area is 111 Å². The minimum Gasteiger partial charge on any atom is -0.465 e. The van der Waals surface area contributed by atoms with E-state index in [4.69, 9.17) is 9.47 Å². The van der Waals surface area contributed by atoms with Crippen LogP contribution in [-0.4, -0.2) is 40.7 Å². The molecule has 0 aliphatic carbocycles. The molecule has 9 heteroatoms. The first-order valence-electron chi connectivity index (χ1n) is 5.29. The molecule has 1 N–H and O–H groups in total. The zero-order valence-corrected chi connectivity index (χ0v) is 11.2. The maximum Gasteiger partial charge on any atom is 0.413 e. The van der Waals surface area contributed by atoms with E-state index in [0.717, 1.165) is 0 Å². The van der Waals surface area contributed by atoms with Crippen LogP contribution in [0.15, 0.2) is 4.34 Å². The second-order valence-corrected chi connectivity index (χ2v) is 5.71. The van der Waals surface area contributed by atoms with Gasteiger partial charge in [-0.25, -0.2) is 4.79 Å². The van der Waals surface area contributed by atoms with Gasteiger partial charge < -0.3 is 9.47 Å². The molecule has 2 heterocycles. The standard InChI is InChI=1S/C9H11N3O4S2/c1-2-15-8(14)10-7-11-12-9(18-7)17-5-3-4-16-6(5)13/h5H,2-4H2,1H3,(H,10,11,14)/t5-/m1/s1. The van der Waals surface area contributed by atoms with E-state index in [2.05, 4.69) is 15.5 Å². The predicted octanol–water partition coefficient (Wildman–Crippen LogP) is 1.51. The zero-order valence-electron chi connectivity index (χ0n) is 9.54. The molecule has 0 radical (unpaired) electrons. The number of ether oxygens (including phenoxy) is 2. The number of amides is 1. The van der Waals surface area contributed by atoms with E-state index < -0.39 is 6.09 Å². The zero-order chi connectivity index (χ0) is 13.0. The van der Waals surface area contributed by atoms with Crippen molar-refractivity contribution in [1.82, 2.24) is 10.2 Å². The molecule has 1 aromatic rings. The average Bonchev–Trinajstić information content (AvgIpc) is 2.90. The number of hydrogen-bond donors (Lipinski definition) is 1. The van der Waals surface area contributed by atoms with Crippen molar-refractivity contribution in [3.63, 3.8) is 0 Å². The molecule has 18 heavy (non-hydrogen) atoms. The summed E-state index contributed by atoms with van der Waals surface area (Å²) in [6.45, 7) is 2.45. The number of nitrogens with one attached hydrogen (secondary N) is 1. The van der Waals surface area contributed by atoms with Crippen LogP contribution in [0.5, 0.6) is 0 Å². The molecule has 7 nitrogen and oxygen atoms in total. The van der Waals surface area contributed by atoms with Gasteiger partial charge in [0.25, 0.3) is 0 Å². The van der Waals surface area contributed by atoms with Crippen LogP contribution in [-0.2, 0) is 14.3 Å². The van der Waals surface area contributed by atoms with Gasteiger partial charge in [-0.2, -0.15) is 0 Å². The highest BCUT2D eigenvalue weighted by molar-refractivity contribution is 8.02. The lowest BCUT2D eigenvalue weighted by Crippen LogP contribution is -2.12. The van der Waals surface area contributed by atoms with Gasteiger partial charge in [0, 0.05) is 6.42 Å². The van der Waals surface area contributed by atoms with Crippen LogP contribution in [0.2, 0.25) is 0 Å². The van der Waals surface area contributed by atoms with Crippen molar-refractivity contribution in [3.05, 3.63) is 0 Å². The molecule has 1 aliphatic rings. The Morgan fingerprint density at radius 1 is 1.67 bits per heavy atom. The number of nitrogens with zero attached hydrogens (tertiary/aromatic N) is 2. The van der Waals surface area contributed by atoms with Crippen LogP contribution < -0.4 is 5.32 Å². The van der Waals surface area contributed by atoms with Gasteiger partial charge >= 0.3 is 12.1 Å². The van der Waals surface area contributed by atoms with Crippen molar-refractivity contribution in [2.24, 2.45) is 0 Å². The van der Waals surface area contributed by atoms with E-state index in [0.29, 0.717) is 29.1 Å². The van der Waals surface area contributed by atoms with Crippen LogP contribution in [0.3, 0.4) is 0 Å². The lowest BCUT2D eigenvalue weighted by atomic mass is 10.4. The van der Waals surface area contributed by atoms with Crippen LogP contribution >= 0.6 is 23.1 Å². The maximum absolute atomic E-state index is 11.3. The molecule has 0 unspecified atom stereocenters. The van der Waals surface area contributed by atoms with Crippen molar-refractivity contribution in [1.29, 1.82) is 0 Å². The van der Waals surface area contributed by atoms with Gasteiger partial charge in [-0.15, -0.1) is 10.2 Å². The fraction of sp³-hybridized carbons (Fsp3) is 0.556. The Hall–Kier alpha value is -1.35. The van der Waals surface area contributed by atoms with Crippen molar-refractivity contribution in [3.8, 4) is 0 Å². The van der Waals surface area contributed by atoms with Crippen molar-refractivity contribution < 1.29 is 19.1 Å². The molecule has 1 amide bonds. The first kappa shape index (κ1) is 13.1. The SMILES string of the molecule is CCOC(=O)Nc1nnc(S[C@@H]2CCOC2=O)s1. The highest BCUT2D eigenvalue weighted by Gasteiger charge is 2.28. The normalized spacial score (nSPS) is 18.5. The van der Waals surface area contributed by atoms with E-state index in [9.17, 15) is 9.59 Å². The molecule has 1 aromatic heterocycles. The molecular weight excluding hydrogens is 278 g/mol. The monoisotopic (exact) mass is 289 g/mol. The third-order valence-corrected chi connectivity index (χ3v) is 4.19. The van der Waals surface area contributed by atoms with Gasteiger partial charge in [-0.1, -0.05) is 23.1 Å². The molecule has 0 spiro atoms. The summed E-state index contributed by atoms with van der Waals surface area (Å²) in [5, 5.41) is 10.2. The number of anilines is 1. The molecule has 0 aromatic carbocycles. The maximum atomic E-state index is 11.3. The quantitative estimate of drug-likeness (QED) is 0.663. The van der Waals surface area contributed by atoms with Crippen molar-refractivity contribution in [2.75, 3.05) is 18.5 Å². The van der Waals surface area contributed by atoms with Crippen LogP contribution in [0.4, 0.5) is 9.93 Å². The lowest BCUT2D eigenvalue weighted by molar-refractivity contribution is -0.137. The Morgan fingerprint density at radius 3 is 3.17 bits per heavy atom. The number of hydrogen-bond acceptors (Lipinski definition) is 8. The molecule has 0 bridgehead atoms. The Kier molecular flexibility index (Phi) is 4.37. The van der Waals surface area contributed by atoms with E-state index in [1.807, 2.05) is 0 Å². The summed E-state index contributed by atoms with van der Waals surface area (Å²) in [6.07, 6.45) is 0.106. The highest BCUT2D eigenvalue weighted by atomic mass is 32.2. The molecule has 1 aliphatic heterocycles. The van der Waals surface area contributed by atoms with Gasteiger partial charge in [0.15, 0.2) is 4.34 Å². The first-order valence-corrected chi connectivity index (χ1v) is 6.99. The molecule has 98 valence electrons. The summed E-state index contributed by atoms with van der Waals surface area (Å²) in [6, 6.07) is 0. The number of rotatable bonds is 4. The summed E-state index contributed by atoms with van der Waals surface area (Å²) in [7, 11) is 0. The smallest absolute Gasteiger partial charge is 0.413 e. The third kappa shape index (κ3) is 3.33. The number of aromatic nitrogens is 2. The minimum atomic E-state index is -0.564. The van der Waals surface area contributed by atoms with E-state index in [1.165, 1.54) is 23.1 Å². The lowest BCUT2D eigenvalue weighted by Gasteiger charge is -2.00. The first-order chi connectivity index (χ1) is 8.69. The van der Waals surface area contributed by atoms with E-state index >= 15 is 0 Å². The number of carbonyl (C=O) groups excluding carboxylic acids is 2. The van der Waals surface area contributed by atoms with Gasteiger partial charge in [0.1, 0.15) is 5.25 Å². The van der Waals surface area contributed by atoms with Gasteiger partial charge in [0.05, 0.1) is 13.2 Å². The summed E-state index contributed by atoms with van der Waals surface area (Å²) in [4.78, 5) is 22.4. The third-order valence-electron chi connectivity index (χ3n) is 2.02. The fourth-order valence-corrected chi connectivity index (χ4v) is 3.22. The Morgan fingerprint density at radius 2 is 2.50 bits per heavy atom. The van der Waals surface area contributed by atoms with Crippen LogP contribution in [0.1, 0.15) is 13.3 Å². The predicted molar refractivity (Wildman–Crippen MR) is 65.8 cm³/mol. The van der Waals surface area contributed by atoms with Gasteiger partial charge in [0.2, 0.25) is 5.13 Å². The minimum absolute atomic E-state index is 0.227. The van der Waals surface area contributed by atoms with Crippen LogP contribution in [0, 0.1) is 0 Å². The van der Waals surface area contributed by atoms with E-state index in [1.54, 1.807) is 6.92 Å². The topological polar surface area (TPSA) is 90.4 Å². The largest absolute Gasteiger partial charge is 0.465 e. The number of thioether (sulfide) groups is 1. The summed E-state index contributed by atoms with van der Waals surface area (Å²) < 4.78 is 10.2. The Bertz CT molecular complexity index is 451. The van der Waals surface area contributed by atoms with E-state index in [-0.39, 0.29) is 11.2 Å². The fourth-order valence-electron chi connectivity index (χ4n) is 1.27. The second kappa shape index (κ2) is 6.01. The van der Waals surface area contributed by atoms with Crippen LogP contribution in [0.25, 0.3) is 0 Å². The van der Waals surface area contributed by atoms with Crippen molar-refractivity contribution in [2.45, 2.75) is 22.9 Å². The molecule has 1 atom stereocenters. The molecular formula is C9H11N3O4S2. The summed E-state index contributed by atoms with van der Waals surface area (Å²) in [5.74, 6) is -0.227. The average molecular weight is 289 g/mol. The number of carbonyl (C=O) groups is 2. The molecule has 0 saturated carbocycles. The Balaban J connectivity index is 1.89. The summed E-state index contributed by atoms with van der Waals surface area (Å²) in [5.41, 5.74) is 0. The molecule has 2 rings (SSSR count). The number of esters is 1. The molecule has 1 fully saturated rings. The molecule has 1 saturated heterocycles. The van der Waals surface area contributed by atoms with Crippen molar-refractivity contribution >= 4 is 40.3 Å². The number of cyclic esters (lactones) is 1. The summed E-state index contributed by atoms with van der Waals surface area (Å²) >= 11 is 2.50.